The van der Waals surface area contributed by atoms with Crippen LogP contribution in [0.5, 0.6) is 0 Å². The molecule has 0 aliphatic carbocycles. The summed E-state index contributed by atoms with van der Waals surface area (Å²) in [7, 11) is -3.84. The molecule has 0 bridgehead atoms. The van der Waals surface area contributed by atoms with Gasteiger partial charge in [0.1, 0.15) is 11.6 Å². The van der Waals surface area contributed by atoms with Gasteiger partial charge in [0.15, 0.2) is 0 Å². The quantitative estimate of drug-likeness (QED) is 0.688. The second kappa shape index (κ2) is 9.16. The van der Waals surface area contributed by atoms with Crippen molar-refractivity contribution >= 4 is 15.9 Å². The summed E-state index contributed by atoms with van der Waals surface area (Å²) >= 11 is 0. The van der Waals surface area contributed by atoms with Gasteiger partial charge >= 0.3 is 11.3 Å². The van der Waals surface area contributed by atoms with Gasteiger partial charge in [-0.25, -0.2) is 13.2 Å². The van der Waals surface area contributed by atoms with Crippen molar-refractivity contribution in [2.75, 3.05) is 0 Å². The number of aryl methyl sites for hydroxylation is 2. The molecular weight excluding hydrogens is 406 g/mol. The molecule has 30 heavy (non-hydrogen) atoms. The maximum absolute atomic E-state index is 12.8. The number of hydrogen-bond acceptors (Lipinski definition) is 7. The third-order valence-corrected chi connectivity index (χ3v) is 6.08. The fraction of sp³-hybridized carbons (Fsp3) is 0.571. The molecule has 0 saturated carbocycles. The predicted molar refractivity (Wildman–Crippen MR) is 113 cm³/mol. The van der Waals surface area contributed by atoms with Gasteiger partial charge in [-0.05, 0) is 51.7 Å². The van der Waals surface area contributed by atoms with Crippen molar-refractivity contribution in [1.82, 2.24) is 15.5 Å². The van der Waals surface area contributed by atoms with Crippen molar-refractivity contribution in [3.63, 3.8) is 0 Å². The highest BCUT2D eigenvalue weighted by molar-refractivity contribution is 7.90. The van der Waals surface area contributed by atoms with E-state index >= 15 is 0 Å². The van der Waals surface area contributed by atoms with Crippen molar-refractivity contribution in [3.05, 3.63) is 40.8 Å². The number of benzene rings is 1. The number of carbonyl (C=O) groups is 1. The Balaban J connectivity index is 2.27. The smallest absolute Gasteiger partial charge is 0.408 e. The summed E-state index contributed by atoms with van der Waals surface area (Å²) in [6.45, 7) is 12.9. The van der Waals surface area contributed by atoms with Crippen LogP contribution in [0.1, 0.15) is 69.7 Å². The fourth-order valence-electron chi connectivity index (χ4n) is 2.81. The maximum Gasteiger partial charge on any atom is 0.408 e. The summed E-state index contributed by atoms with van der Waals surface area (Å²) in [4.78, 5) is 12.2. The van der Waals surface area contributed by atoms with Crippen molar-refractivity contribution < 1.29 is 22.4 Å². The molecule has 9 heteroatoms. The predicted octanol–water partition coefficient (Wildman–Crippen LogP) is 4.27. The summed E-state index contributed by atoms with van der Waals surface area (Å²) in [5.74, 6) is -0.280. The molecule has 2 rings (SSSR count). The van der Waals surface area contributed by atoms with E-state index in [1.165, 1.54) is 0 Å². The molecule has 1 heterocycles. The van der Waals surface area contributed by atoms with E-state index in [0.717, 1.165) is 11.1 Å². The zero-order chi connectivity index (χ0) is 22.7. The van der Waals surface area contributed by atoms with Crippen molar-refractivity contribution in [3.8, 4) is 0 Å². The molecule has 1 amide bonds. The number of alkyl carbamates (subject to hydrolysis) is 1. The number of rotatable bonds is 7. The van der Waals surface area contributed by atoms with Crippen LogP contribution < -0.4 is 5.32 Å². The van der Waals surface area contributed by atoms with Gasteiger partial charge in [0.25, 0.3) is 0 Å². The largest absolute Gasteiger partial charge is 0.444 e. The van der Waals surface area contributed by atoms with Crippen LogP contribution in [0.3, 0.4) is 0 Å². The molecule has 0 saturated heterocycles. The molecule has 1 aromatic heterocycles. The van der Waals surface area contributed by atoms with Gasteiger partial charge in [0.05, 0.1) is 5.75 Å². The minimum absolute atomic E-state index is 0.0368. The molecule has 0 aliphatic rings. The van der Waals surface area contributed by atoms with Crippen LogP contribution in [0.4, 0.5) is 4.79 Å². The lowest BCUT2D eigenvalue weighted by molar-refractivity contribution is 0.0473. The molecule has 0 unspecified atom stereocenters. The van der Waals surface area contributed by atoms with Gasteiger partial charge in [-0.15, -0.1) is 5.10 Å². The summed E-state index contributed by atoms with van der Waals surface area (Å²) in [6.07, 6.45) is 0.0683. The molecule has 2 atom stereocenters. The maximum atomic E-state index is 12.8. The normalized spacial score (nSPS) is 14.2. The number of sulfone groups is 1. The second-order valence-corrected chi connectivity index (χ2v) is 10.5. The molecular formula is C21H31N3O5S. The van der Waals surface area contributed by atoms with E-state index in [9.17, 15) is 13.2 Å². The highest BCUT2D eigenvalue weighted by atomic mass is 32.2. The average Bonchev–Trinajstić information content (AvgIpc) is 3.11. The highest BCUT2D eigenvalue weighted by Gasteiger charge is 2.31. The first-order chi connectivity index (χ1) is 13.8. The molecule has 1 N–H and O–H groups in total. The molecule has 0 radical (unpaired) electrons. The zero-order valence-electron chi connectivity index (χ0n) is 18.6. The van der Waals surface area contributed by atoms with Gasteiger partial charge in [0.2, 0.25) is 15.7 Å². The number of nitrogens with zero attached hydrogens (tertiary/aromatic N) is 2. The third-order valence-electron chi connectivity index (χ3n) is 4.69. The average molecular weight is 438 g/mol. The number of carbonyl (C=O) groups excluding carboxylic acids is 1. The minimum atomic E-state index is -3.84. The first kappa shape index (κ1) is 23.9. The van der Waals surface area contributed by atoms with Gasteiger partial charge in [0, 0.05) is 0 Å². The molecule has 0 spiro atoms. The number of amides is 1. The Hall–Kier alpha value is -2.42. The van der Waals surface area contributed by atoms with E-state index < -0.39 is 32.8 Å². The van der Waals surface area contributed by atoms with Crippen LogP contribution in [0.2, 0.25) is 0 Å². The fourth-order valence-corrected chi connectivity index (χ4v) is 4.03. The van der Waals surface area contributed by atoms with Gasteiger partial charge in [-0.3, -0.25) is 0 Å². The van der Waals surface area contributed by atoms with E-state index in [4.69, 9.17) is 9.15 Å². The minimum Gasteiger partial charge on any atom is -0.444 e. The molecule has 0 aliphatic heterocycles. The van der Waals surface area contributed by atoms with Crippen molar-refractivity contribution in [1.29, 1.82) is 0 Å². The molecule has 2 aromatic rings. The number of aromatic nitrogens is 2. The number of ether oxygens (including phenoxy) is 1. The Morgan fingerprint density at radius 1 is 1.23 bits per heavy atom. The van der Waals surface area contributed by atoms with Crippen LogP contribution in [0.25, 0.3) is 0 Å². The van der Waals surface area contributed by atoms with Crippen molar-refractivity contribution in [2.24, 2.45) is 5.92 Å². The number of nitrogens with one attached hydrogen (secondary N) is 1. The lowest BCUT2D eigenvalue weighted by Crippen LogP contribution is -2.37. The van der Waals surface area contributed by atoms with Crippen molar-refractivity contribution in [2.45, 2.75) is 77.5 Å². The Bertz CT molecular complexity index is 992. The van der Waals surface area contributed by atoms with E-state index in [1.54, 1.807) is 20.8 Å². The standard InChI is InChI=1S/C21H31N3O5S/c1-8-14(3)17(22-19(25)29-21(5,6)7)18-23-24-20(28-18)30(26,27)12-16-11-13(2)9-10-15(16)4/h9-11,14,17H,8,12H2,1-7H3,(H,22,25)/t14-,17-/m1/s1. The lowest BCUT2D eigenvalue weighted by Gasteiger charge is -2.24. The Morgan fingerprint density at radius 2 is 1.90 bits per heavy atom. The third kappa shape index (κ3) is 6.29. The Morgan fingerprint density at radius 3 is 2.50 bits per heavy atom. The summed E-state index contributed by atoms with van der Waals surface area (Å²) < 4.78 is 36.5. The van der Waals surface area contributed by atoms with E-state index in [-0.39, 0.29) is 17.6 Å². The summed E-state index contributed by atoms with van der Waals surface area (Å²) in [5, 5.41) is 9.93. The molecule has 1 aromatic carbocycles. The van der Waals surface area contributed by atoms with Gasteiger partial charge in [-0.1, -0.05) is 49.1 Å². The molecule has 0 fully saturated rings. The van der Waals surface area contributed by atoms with Crippen LogP contribution >= 0.6 is 0 Å². The van der Waals surface area contributed by atoms with Gasteiger partial charge < -0.3 is 14.5 Å². The second-order valence-electron chi connectivity index (χ2n) is 8.60. The SMILES string of the molecule is CC[C@@H](C)[C@@H](NC(=O)OC(C)(C)C)c1nnc(S(=O)(=O)Cc2cc(C)ccc2C)o1. The monoisotopic (exact) mass is 437 g/mol. The summed E-state index contributed by atoms with van der Waals surface area (Å²) in [6, 6.07) is 4.97. The lowest BCUT2D eigenvalue weighted by atomic mass is 9.99. The Kier molecular flexibility index (Phi) is 7.28. The van der Waals surface area contributed by atoms with Crippen LogP contribution in [-0.2, 0) is 20.3 Å². The zero-order valence-corrected chi connectivity index (χ0v) is 19.5. The van der Waals surface area contributed by atoms with Crippen LogP contribution in [0, 0.1) is 19.8 Å². The topological polar surface area (TPSA) is 111 Å². The molecule has 166 valence electrons. The van der Waals surface area contributed by atoms with E-state index in [1.807, 2.05) is 45.9 Å². The Labute approximate surface area is 178 Å². The van der Waals surface area contributed by atoms with E-state index in [0.29, 0.717) is 12.0 Å². The van der Waals surface area contributed by atoms with Crippen LogP contribution in [0.15, 0.2) is 27.8 Å². The molecule has 8 nitrogen and oxygen atoms in total. The van der Waals surface area contributed by atoms with Crippen LogP contribution in [-0.4, -0.2) is 30.3 Å². The summed E-state index contributed by atoms with van der Waals surface area (Å²) in [5.41, 5.74) is 1.85. The first-order valence-electron chi connectivity index (χ1n) is 9.94. The van der Waals surface area contributed by atoms with Gasteiger partial charge in [-0.2, -0.15) is 0 Å². The van der Waals surface area contributed by atoms with E-state index in [2.05, 4.69) is 15.5 Å². The first-order valence-corrected chi connectivity index (χ1v) is 11.6. The highest BCUT2D eigenvalue weighted by Crippen LogP contribution is 2.26. The number of hydrogen-bond donors (Lipinski definition) is 1.